The fourth-order valence-electron chi connectivity index (χ4n) is 1.49. The summed E-state index contributed by atoms with van der Waals surface area (Å²) in [5.74, 6) is -0.427. The molecule has 92 valence electrons. The molecule has 1 aromatic carbocycles. The molecule has 0 saturated carbocycles. The Kier molecular flexibility index (Phi) is 3.89. The van der Waals surface area contributed by atoms with Gasteiger partial charge in [-0.3, -0.25) is 0 Å². The summed E-state index contributed by atoms with van der Waals surface area (Å²) in [6, 6.07) is 11.2. The average Bonchev–Trinajstić information content (AvgIpc) is 2.90. The van der Waals surface area contributed by atoms with Crippen molar-refractivity contribution in [3.05, 3.63) is 57.8 Å². The molecule has 0 bridgehead atoms. The quantitative estimate of drug-likeness (QED) is 0.479. The second-order valence-electron chi connectivity index (χ2n) is 3.85. The first-order valence-electron chi connectivity index (χ1n) is 5.54. The van der Waals surface area contributed by atoms with Crippen LogP contribution in [-0.4, -0.2) is 11.7 Å². The Bertz CT molecular complexity index is 573. The van der Waals surface area contributed by atoms with Gasteiger partial charge in [0.05, 0.1) is 16.2 Å². The van der Waals surface area contributed by atoms with Gasteiger partial charge >= 0.3 is 5.97 Å². The van der Waals surface area contributed by atoms with Gasteiger partial charge in [-0.25, -0.2) is 4.79 Å². The molecule has 0 fully saturated rings. The molecule has 1 heterocycles. The highest BCUT2D eigenvalue weighted by Gasteiger charge is 2.10. The number of rotatable bonds is 3. The van der Waals surface area contributed by atoms with E-state index in [1.807, 2.05) is 43.5 Å². The molecule has 0 atom stereocenters. The summed E-state index contributed by atoms with van der Waals surface area (Å²) in [5, 5.41) is 5.82. The molecule has 4 heteroatoms. The lowest BCUT2D eigenvalue weighted by Crippen LogP contribution is -2.05. The van der Waals surface area contributed by atoms with Crippen molar-refractivity contribution < 1.29 is 9.63 Å². The maximum Gasteiger partial charge on any atom is 0.366 e. The predicted molar refractivity (Wildman–Crippen MR) is 73.1 cm³/mol. The van der Waals surface area contributed by atoms with Crippen LogP contribution < -0.4 is 0 Å². The molecule has 0 spiro atoms. The van der Waals surface area contributed by atoms with Gasteiger partial charge in [0.15, 0.2) is 0 Å². The van der Waals surface area contributed by atoms with Gasteiger partial charge in [-0.15, -0.1) is 11.3 Å². The zero-order chi connectivity index (χ0) is 13.0. The van der Waals surface area contributed by atoms with Gasteiger partial charge in [-0.1, -0.05) is 29.4 Å². The summed E-state index contributed by atoms with van der Waals surface area (Å²) in [7, 11) is 0. The lowest BCUT2D eigenvalue weighted by molar-refractivity contribution is 0.0515. The molecule has 3 nitrogen and oxygen atoms in total. The normalized spacial score (nSPS) is 11.3. The molecule has 0 N–H and O–H groups in total. The average molecular weight is 259 g/mol. The van der Waals surface area contributed by atoms with Crippen LogP contribution in [0, 0.1) is 6.92 Å². The molecule has 0 aliphatic carbocycles. The van der Waals surface area contributed by atoms with E-state index in [2.05, 4.69) is 5.16 Å². The van der Waals surface area contributed by atoms with Crippen LogP contribution in [0.1, 0.15) is 27.7 Å². The van der Waals surface area contributed by atoms with Crippen molar-refractivity contribution in [2.75, 3.05) is 0 Å². The van der Waals surface area contributed by atoms with Crippen molar-refractivity contribution in [2.24, 2.45) is 5.16 Å². The highest BCUT2D eigenvalue weighted by Crippen LogP contribution is 2.12. The molecule has 0 saturated heterocycles. The summed E-state index contributed by atoms with van der Waals surface area (Å²) in [6.07, 6.45) is 0. The number of carbonyl (C=O) groups is 1. The van der Waals surface area contributed by atoms with Crippen LogP contribution in [0.4, 0.5) is 0 Å². The molecular weight excluding hydrogens is 246 g/mol. The van der Waals surface area contributed by atoms with E-state index in [1.165, 1.54) is 0 Å². The number of thiophene rings is 1. The van der Waals surface area contributed by atoms with Crippen molar-refractivity contribution in [1.82, 2.24) is 0 Å². The van der Waals surface area contributed by atoms with E-state index >= 15 is 0 Å². The smallest absolute Gasteiger partial charge is 0.312 e. The van der Waals surface area contributed by atoms with Crippen LogP contribution in [0.2, 0.25) is 0 Å². The van der Waals surface area contributed by atoms with E-state index in [9.17, 15) is 4.79 Å². The van der Waals surface area contributed by atoms with Crippen LogP contribution in [-0.2, 0) is 4.84 Å². The maximum absolute atomic E-state index is 11.8. The van der Waals surface area contributed by atoms with Gasteiger partial charge < -0.3 is 4.84 Å². The summed E-state index contributed by atoms with van der Waals surface area (Å²) >= 11 is 1.56. The third kappa shape index (κ3) is 2.84. The Morgan fingerprint density at radius 2 is 2.00 bits per heavy atom. The Balaban J connectivity index is 2.09. The third-order valence-electron chi connectivity index (χ3n) is 2.51. The fourth-order valence-corrected chi connectivity index (χ4v) is 2.16. The highest BCUT2D eigenvalue weighted by molar-refractivity contribution is 7.12. The van der Waals surface area contributed by atoms with Crippen molar-refractivity contribution in [1.29, 1.82) is 0 Å². The lowest BCUT2D eigenvalue weighted by Gasteiger charge is -2.02. The van der Waals surface area contributed by atoms with Crippen LogP contribution >= 0.6 is 11.3 Å². The van der Waals surface area contributed by atoms with Gasteiger partial charge in [0, 0.05) is 0 Å². The van der Waals surface area contributed by atoms with Gasteiger partial charge in [-0.05, 0) is 36.9 Å². The summed E-state index contributed by atoms with van der Waals surface area (Å²) in [4.78, 5) is 17.8. The summed E-state index contributed by atoms with van der Waals surface area (Å²) in [6.45, 7) is 3.68. The number of benzene rings is 1. The Morgan fingerprint density at radius 1 is 1.22 bits per heavy atom. The predicted octanol–water partition coefficient (Wildman–Crippen LogP) is 3.64. The van der Waals surface area contributed by atoms with Crippen LogP contribution in [0.5, 0.6) is 0 Å². The molecule has 2 rings (SSSR count). The molecule has 0 aliphatic rings. The number of nitrogens with zero attached hydrogens (tertiary/aromatic N) is 1. The summed E-state index contributed by atoms with van der Waals surface area (Å²) < 4.78 is 0. The highest BCUT2D eigenvalue weighted by atomic mass is 32.1. The lowest BCUT2D eigenvalue weighted by atomic mass is 10.1. The van der Waals surface area contributed by atoms with Crippen molar-refractivity contribution in [3.8, 4) is 0 Å². The number of hydrogen-bond acceptors (Lipinski definition) is 4. The minimum Gasteiger partial charge on any atom is -0.312 e. The largest absolute Gasteiger partial charge is 0.366 e. The molecule has 0 unspecified atom stereocenters. The van der Waals surface area contributed by atoms with Crippen molar-refractivity contribution in [3.63, 3.8) is 0 Å². The van der Waals surface area contributed by atoms with Crippen molar-refractivity contribution in [2.45, 2.75) is 13.8 Å². The fraction of sp³-hybridized carbons (Fsp3) is 0.143. The minimum atomic E-state index is -0.427. The first-order valence-corrected chi connectivity index (χ1v) is 6.42. The van der Waals surface area contributed by atoms with E-state index in [-0.39, 0.29) is 0 Å². The monoisotopic (exact) mass is 259 g/mol. The first kappa shape index (κ1) is 12.5. The van der Waals surface area contributed by atoms with Crippen LogP contribution in [0.15, 0.2) is 46.9 Å². The van der Waals surface area contributed by atoms with E-state index in [4.69, 9.17) is 4.84 Å². The molecule has 0 amide bonds. The zero-order valence-electron chi connectivity index (χ0n) is 10.2. The number of aryl methyl sites for hydroxylation is 1. The molecule has 1 aromatic heterocycles. The van der Waals surface area contributed by atoms with Gasteiger partial charge in [0.2, 0.25) is 0 Å². The van der Waals surface area contributed by atoms with E-state index in [1.54, 1.807) is 23.5 Å². The zero-order valence-corrected chi connectivity index (χ0v) is 11.0. The van der Waals surface area contributed by atoms with Gasteiger partial charge in [-0.2, -0.15) is 0 Å². The SMILES string of the molecule is C/C(=N/OC(=O)c1ccccc1C)c1cccs1. The Hall–Kier alpha value is -1.94. The standard InChI is InChI=1S/C14H13NO2S/c1-10-6-3-4-7-12(10)14(16)17-15-11(2)13-8-5-9-18-13/h3-9H,1-2H3/b15-11-. The number of carbonyl (C=O) groups excluding carboxylic acids is 1. The van der Waals surface area contributed by atoms with E-state index < -0.39 is 5.97 Å². The minimum absolute atomic E-state index is 0.427. The van der Waals surface area contributed by atoms with Gasteiger partial charge in [0.1, 0.15) is 0 Å². The first-order chi connectivity index (χ1) is 8.68. The molecule has 18 heavy (non-hydrogen) atoms. The van der Waals surface area contributed by atoms with Crippen LogP contribution in [0.3, 0.4) is 0 Å². The maximum atomic E-state index is 11.8. The molecule has 2 aromatic rings. The van der Waals surface area contributed by atoms with Gasteiger partial charge in [0.25, 0.3) is 0 Å². The Labute approximate surface area is 110 Å². The molecule has 0 radical (unpaired) electrons. The van der Waals surface area contributed by atoms with E-state index in [0.29, 0.717) is 11.3 Å². The second kappa shape index (κ2) is 5.60. The third-order valence-corrected chi connectivity index (χ3v) is 3.49. The number of oxime groups is 1. The molecular formula is C14H13NO2S. The number of hydrogen-bond donors (Lipinski definition) is 0. The molecule has 0 aliphatic heterocycles. The Morgan fingerprint density at radius 3 is 2.67 bits per heavy atom. The summed E-state index contributed by atoms with van der Waals surface area (Å²) in [5.41, 5.74) is 2.12. The van der Waals surface area contributed by atoms with Crippen molar-refractivity contribution >= 4 is 23.0 Å². The second-order valence-corrected chi connectivity index (χ2v) is 4.80. The van der Waals surface area contributed by atoms with E-state index in [0.717, 1.165) is 10.4 Å². The topological polar surface area (TPSA) is 38.7 Å². The van der Waals surface area contributed by atoms with Crippen LogP contribution in [0.25, 0.3) is 0 Å².